The third kappa shape index (κ3) is 5.09. The minimum absolute atomic E-state index is 0.0564. The highest BCUT2D eigenvalue weighted by atomic mass is 16.6. The van der Waals surface area contributed by atoms with Crippen LogP contribution in [0.4, 0.5) is 17.1 Å². The molecule has 0 fully saturated rings. The average molecular weight is 329 g/mol. The minimum atomic E-state index is -0.517. The van der Waals surface area contributed by atoms with Crippen LogP contribution in [0.15, 0.2) is 48.5 Å². The predicted octanol–water partition coefficient (Wildman–Crippen LogP) is 2.57. The fraction of sp³-hybridized carbons (Fsp3) is 0.125. The molecule has 8 nitrogen and oxygen atoms in total. The number of nitrogens with one attached hydrogen (secondary N) is 2. The van der Waals surface area contributed by atoms with Crippen molar-refractivity contribution < 1.29 is 19.2 Å². The topological polar surface area (TPSA) is 111 Å². The third-order valence-electron chi connectivity index (χ3n) is 2.89. The van der Waals surface area contributed by atoms with Gasteiger partial charge in [-0.05, 0) is 24.3 Å². The van der Waals surface area contributed by atoms with Crippen LogP contribution in [0.1, 0.15) is 6.92 Å². The van der Waals surface area contributed by atoms with Crippen molar-refractivity contribution >= 4 is 28.9 Å². The SMILES string of the molecule is CC(=O)Nc1cccc(OCC(=O)Nc2ccc([N+](=O)[O-])cc2)c1. The number of nitro groups is 1. The normalized spacial score (nSPS) is 9.88. The molecule has 0 unspecified atom stereocenters. The van der Waals surface area contributed by atoms with Gasteiger partial charge in [0.2, 0.25) is 5.91 Å². The fourth-order valence-corrected chi connectivity index (χ4v) is 1.88. The molecule has 0 heterocycles. The number of ether oxygens (including phenoxy) is 1. The van der Waals surface area contributed by atoms with Gasteiger partial charge in [-0.15, -0.1) is 0 Å². The molecule has 0 aliphatic carbocycles. The van der Waals surface area contributed by atoms with Crippen LogP contribution in [0.25, 0.3) is 0 Å². The summed E-state index contributed by atoms with van der Waals surface area (Å²) in [4.78, 5) is 32.9. The summed E-state index contributed by atoms with van der Waals surface area (Å²) in [6, 6.07) is 12.1. The minimum Gasteiger partial charge on any atom is -0.484 e. The molecule has 0 aliphatic rings. The number of non-ortho nitro benzene ring substituents is 1. The van der Waals surface area contributed by atoms with Crippen LogP contribution in [0, 0.1) is 10.1 Å². The van der Waals surface area contributed by atoms with Crippen molar-refractivity contribution in [2.24, 2.45) is 0 Å². The zero-order valence-corrected chi connectivity index (χ0v) is 12.8. The largest absolute Gasteiger partial charge is 0.484 e. The van der Waals surface area contributed by atoms with Crippen molar-refractivity contribution in [1.82, 2.24) is 0 Å². The number of nitro benzene ring substituents is 1. The van der Waals surface area contributed by atoms with E-state index in [0.717, 1.165) is 0 Å². The Bertz CT molecular complexity index is 759. The lowest BCUT2D eigenvalue weighted by Gasteiger charge is -2.09. The van der Waals surface area contributed by atoms with Gasteiger partial charge in [-0.3, -0.25) is 19.7 Å². The van der Waals surface area contributed by atoms with E-state index < -0.39 is 10.8 Å². The summed E-state index contributed by atoms with van der Waals surface area (Å²) >= 11 is 0. The lowest BCUT2D eigenvalue weighted by molar-refractivity contribution is -0.384. The molecule has 0 spiro atoms. The van der Waals surface area contributed by atoms with Gasteiger partial charge in [0.25, 0.3) is 11.6 Å². The Morgan fingerprint density at radius 2 is 1.79 bits per heavy atom. The van der Waals surface area contributed by atoms with E-state index in [-0.39, 0.29) is 18.2 Å². The number of hydrogen-bond acceptors (Lipinski definition) is 5. The Balaban J connectivity index is 1.89. The summed E-state index contributed by atoms with van der Waals surface area (Å²) in [6.45, 7) is 1.16. The van der Waals surface area contributed by atoms with Crippen LogP contribution < -0.4 is 15.4 Å². The van der Waals surface area contributed by atoms with E-state index in [9.17, 15) is 19.7 Å². The highest BCUT2D eigenvalue weighted by Gasteiger charge is 2.07. The monoisotopic (exact) mass is 329 g/mol. The second kappa shape index (κ2) is 7.73. The van der Waals surface area contributed by atoms with E-state index in [1.54, 1.807) is 24.3 Å². The molecule has 2 aromatic rings. The number of hydrogen-bond donors (Lipinski definition) is 2. The van der Waals surface area contributed by atoms with Crippen molar-refractivity contribution in [3.63, 3.8) is 0 Å². The second-order valence-corrected chi connectivity index (χ2v) is 4.85. The van der Waals surface area contributed by atoms with Gasteiger partial charge < -0.3 is 15.4 Å². The number of amides is 2. The summed E-state index contributed by atoms with van der Waals surface area (Å²) in [5, 5.41) is 15.7. The predicted molar refractivity (Wildman–Crippen MR) is 88.0 cm³/mol. The quantitative estimate of drug-likeness (QED) is 0.625. The van der Waals surface area contributed by atoms with Gasteiger partial charge in [-0.1, -0.05) is 6.07 Å². The first-order valence-electron chi connectivity index (χ1n) is 6.99. The second-order valence-electron chi connectivity index (χ2n) is 4.85. The number of anilines is 2. The highest BCUT2D eigenvalue weighted by Crippen LogP contribution is 2.18. The summed E-state index contributed by atoms with van der Waals surface area (Å²) in [5.74, 6) is -0.183. The number of carbonyl (C=O) groups excluding carboxylic acids is 2. The molecule has 2 N–H and O–H groups in total. The maximum Gasteiger partial charge on any atom is 0.269 e. The van der Waals surface area contributed by atoms with Gasteiger partial charge in [-0.2, -0.15) is 0 Å². The first-order chi connectivity index (χ1) is 11.4. The molecule has 0 radical (unpaired) electrons. The van der Waals surface area contributed by atoms with Gasteiger partial charge in [0.15, 0.2) is 6.61 Å². The zero-order valence-electron chi connectivity index (χ0n) is 12.8. The molecule has 0 atom stereocenters. The summed E-state index contributed by atoms with van der Waals surface area (Å²) in [5.41, 5.74) is 0.941. The van der Waals surface area contributed by atoms with Gasteiger partial charge in [0, 0.05) is 36.5 Å². The van der Waals surface area contributed by atoms with E-state index >= 15 is 0 Å². The van der Waals surface area contributed by atoms with Crippen molar-refractivity contribution in [2.45, 2.75) is 6.92 Å². The van der Waals surface area contributed by atoms with Crippen LogP contribution in [0.3, 0.4) is 0 Å². The van der Waals surface area contributed by atoms with Gasteiger partial charge in [0.05, 0.1) is 4.92 Å². The van der Waals surface area contributed by atoms with E-state index in [4.69, 9.17) is 4.74 Å². The first kappa shape index (κ1) is 16.9. The van der Waals surface area contributed by atoms with Crippen LogP contribution >= 0.6 is 0 Å². The maximum absolute atomic E-state index is 11.8. The Hall–Kier alpha value is -3.42. The Morgan fingerprint density at radius 1 is 1.08 bits per heavy atom. The molecule has 24 heavy (non-hydrogen) atoms. The number of rotatable bonds is 6. The molecule has 0 saturated carbocycles. The number of nitrogens with zero attached hydrogens (tertiary/aromatic N) is 1. The number of carbonyl (C=O) groups is 2. The van der Waals surface area contributed by atoms with Gasteiger partial charge >= 0.3 is 0 Å². The van der Waals surface area contributed by atoms with E-state index in [0.29, 0.717) is 17.1 Å². The Labute approximate surface area is 137 Å². The zero-order chi connectivity index (χ0) is 17.5. The molecule has 0 saturated heterocycles. The van der Waals surface area contributed by atoms with E-state index in [2.05, 4.69) is 10.6 Å². The molecule has 124 valence electrons. The average Bonchev–Trinajstić information content (AvgIpc) is 2.53. The Morgan fingerprint density at radius 3 is 2.42 bits per heavy atom. The molecule has 2 amide bonds. The van der Waals surface area contributed by atoms with E-state index in [1.807, 2.05) is 0 Å². The lowest BCUT2D eigenvalue weighted by atomic mass is 10.3. The van der Waals surface area contributed by atoms with E-state index in [1.165, 1.54) is 31.2 Å². The molecule has 0 aromatic heterocycles. The van der Waals surface area contributed by atoms with Gasteiger partial charge in [0.1, 0.15) is 5.75 Å². The fourth-order valence-electron chi connectivity index (χ4n) is 1.88. The van der Waals surface area contributed by atoms with Crippen molar-refractivity contribution in [1.29, 1.82) is 0 Å². The molecular formula is C16H15N3O5. The molecule has 0 aliphatic heterocycles. The molecule has 2 rings (SSSR count). The van der Waals surface area contributed by atoms with Crippen LogP contribution in [-0.2, 0) is 9.59 Å². The number of benzene rings is 2. The van der Waals surface area contributed by atoms with Crippen LogP contribution in [-0.4, -0.2) is 23.3 Å². The highest BCUT2D eigenvalue weighted by molar-refractivity contribution is 5.92. The molecule has 8 heteroatoms. The maximum atomic E-state index is 11.8. The Kier molecular flexibility index (Phi) is 5.45. The molecular weight excluding hydrogens is 314 g/mol. The smallest absolute Gasteiger partial charge is 0.269 e. The summed E-state index contributed by atoms with van der Waals surface area (Å²) in [7, 11) is 0. The standard InChI is InChI=1S/C16H15N3O5/c1-11(20)17-13-3-2-4-15(9-13)24-10-16(21)18-12-5-7-14(8-6-12)19(22)23/h2-9H,10H2,1H3,(H,17,20)(H,18,21). The molecule has 0 bridgehead atoms. The summed E-state index contributed by atoms with van der Waals surface area (Å²) in [6.07, 6.45) is 0. The third-order valence-corrected chi connectivity index (χ3v) is 2.89. The summed E-state index contributed by atoms with van der Waals surface area (Å²) < 4.78 is 5.35. The molecule has 2 aromatic carbocycles. The van der Waals surface area contributed by atoms with Crippen molar-refractivity contribution in [3.05, 3.63) is 58.6 Å². The lowest BCUT2D eigenvalue weighted by Crippen LogP contribution is -2.20. The van der Waals surface area contributed by atoms with Crippen molar-refractivity contribution in [3.8, 4) is 5.75 Å². The van der Waals surface area contributed by atoms with Crippen LogP contribution in [0.5, 0.6) is 5.75 Å². The first-order valence-corrected chi connectivity index (χ1v) is 6.99. The van der Waals surface area contributed by atoms with Crippen molar-refractivity contribution in [2.75, 3.05) is 17.2 Å². The van der Waals surface area contributed by atoms with Gasteiger partial charge in [-0.25, -0.2) is 0 Å². The van der Waals surface area contributed by atoms with Crippen LogP contribution in [0.2, 0.25) is 0 Å².